The molecular formula is C6H10N4O. The number of nitrogens with one attached hydrogen (secondary N) is 2. The average molecular weight is 154 g/mol. The minimum absolute atomic E-state index is 0.190. The summed E-state index contributed by atoms with van der Waals surface area (Å²) in [4.78, 5) is 17.4. The SMILES string of the molecule is CCc1nc(NN)cc(=O)[nH]1. The van der Waals surface area contributed by atoms with Crippen LogP contribution in [-0.2, 0) is 6.42 Å². The lowest BCUT2D eigenvalue weighted by atomic mass is 10.4. The number of aromatic nitrogens is 2. The maximum atomic E-state index is 10.8. The molecule has 11 heavy (non-hydrogen) atoms. The molecular weight excluding hydrogens is 144 g/mol. The molecule has 0 saturated heterocycles. The Hall–Kier alpha value is -1.36. The quantitative estimate of drug-likeness (QED) is 0.400. The number of hydrogen-bond donors (Lipinski definition) is 3. The van der Waals surface area contributed by atoms with Crippen LogP contribution in [0.5, 0.6) is 0 Å². The summed E-state index contributed by atoms with van der Waals surface area (Å²) in [5, 5.41) is 0. The summed E-state index contributed by atoms with van der Waals surface area (Å²) in [5.74, 6) is 6.10. The van der Waals surface area contributed by atoms with Gasteiger partial charge >= 0.3 is 0 Å². The van der Waals surface area contributed by atoms with Gasteiger partial charge in [-0.15, -0.1) is 0 Å². The smallest absolute Gasteiger partial charge is 0.253 e. The molecule has 4 N–H and O–H groups in total. The molecule has 0 saturated carbocycles. The zero-order valence-corrected chi connectivity index (χ0v) is 6.22. The van der Waals surface area contributed by atoms with E-state index >= 15 is 0 Å². The molecule has 0 aliphatic heterocycles. The van der Waals surface area contributed by atoms with Crippen molar-refractivity contribution in [2.75, 3.05) is 5.43 Å². The second kappa shape index (κ2) is 3.16. The first-order chi connectivity index (χ1) is 5.26. The van der Waals surface area contributed by atoms with E-state index in [0.29, 0.717) is 18.1 Å². The van der Waals surface area contributed by atoms with Gasteiger partial charge in [0, 0.05) is 12.5 Å². The molecule has 1 rings (SSSR count). The van der Waals surface area contributed by atoms with Gasteiger partial charge in [-0.3, -0.25) is 4.79 Å². The number of aromatic amines is 1. The normalized spacial score (nSPS) is 9.64. The molecule has 0 fully saturated rings. The number of aryl methyl sites for hydroxylation is 1. The zero-order chi connectivity index (χ0) is 8.27. The molecule has 5 nitrogen and oxygen atoms in total. The Kier molecular flexibility index (Phi) is 2.22. The van der Waals surface area contributed by atoms with Crippen LogP contribution in [0.2, 0.25) is 0 Å². The molecule has 0 aliphatic carbocycles. The summed E-state index contributed by atoms with van der Waals surface area (Å²) in [5.41, 5.74) is 2.12. The van der Waals surface area contributed by atoms with Crippen molar-refractivity contribution in [3.63, 3.8) is 0 Å². The number of hydrogen-bond acceptors (Lipinski definition) is 4. The second-order valence-electron chi connectivity index (χ2n) is 2.08. The molecule has 0 spiro atoms. The monoisotopic (exact) mass is 154 g/mol. The van der Waals surface area contributed by atoms with E-state index in [0.717, 1.165) is 0 Å². The highest BCUT2D eigenvalue weighted by Gasteiger charge is 1.95. The zero-order valence-electron chi connectivity index (χ0n) is 6.22. The van der Waals surface area contributed by atoms with Gasteiger partial charge < -0.3 is 10.4 Å². The predicted molar refractivity (Wildman–Crippen MR) is 42.0 cm³/mol. The molecule has 0 aromatic carbocycles. The third kappa shape index (κ3) is 1.78. The Morgan fingerprint density at radius 2 is 2.55 bits per heavy atom. The Bertz CT molecular complexity index is 268. The second-order valence-corrected chi connectivity index (χ2v) is 2.08. The van der Waals surface area contributed by atoms with Gasteiger partial charge in [0.25, 0.3) is 5.56 Å². The lowest BCUT2D eigenvalue weighted by molar-refractivity contribution is 0.919. The minimum atomic E-state index is -0.190. The van der Waals surface area contributed by atoms with Crippen LogP contribution in [0.4, 0.5) is 5.82 Å². The van der Waals surface area contributed by atoms with Crippen molar-refractivity contribution in [2.24, 2.45) is 5.84 Å². The molecule has 0 bridgehead atoms. The fraction of sp³-hybridized carbons (Fsp3) is 0.333. The first kappa shape index (κ1) is 7.74. The summed E-state index contributed by atoms with van der Waals surface area (Å²) in [7, 11) is 0. The lowest BCUT2D eigenvalue weighted by Gasteiger charge is -1.99. The van der Waals surface area contributed by atoms with E-state index in [4.69, 9.17) is 5.84 Å². The summed E-state index contributed by atoms with van der Waals surface area (Å²) >= 11 is 0. The van der Waals surface area contributed by atoms with Crippen molar-refractivity contribution in [1.82, 2.24) is 9.97 Å². The molecule has 1 heterocycles. The Labute approximate surface area is 63.6 Å². The van der Waals surface area contributed by atoms with Gasteiger partial charge in [0.05, 0.1) is 0 Å². The predicted octanol–water partition coefficient (Wildman–Crippen LogP) is -0.382. The molecule has 0 unspecified atom stereocenters. The van der Waals surface area contributed by atoms with E-state index in [-0.39, 0.29) is 5.56 Å². The largest absolute Gasteiger partial charge is 0.310 e. The summed E-state index contributed by atoms with van der Waals surface area (Å²) in [6.45, 7) is 1.90. The van der Waals surface area contributed by atoms with Gasteiger partial charge in [0.15, 0.2) is 0 Å². The molecule has 0 amide bonds. The maximum Gasteiger partial charge on any atom is 0.253 e. The topological polar surface area (TPSA) is 83.8 Å². The van der Waals surface area contributed by atoms with Gasteiger partial charge in [-0.2, -0.15) is 0 Å². The highest BCUT2D eigenvalue weighted by atomic mass is 16.1. The number of nitrogen functional groups attached to an aromatic ring is 1. The van der Waals surface area contributed by atoms with Gasteiger partial charge in [-0.25, -0.2) is 10.8 Å². The summed E-state index contributed by atoms with van der Waals surface area (Å²) < 4.78 is 0. The standard InChI is InChI=1S/C6H10N4O/c1-2-4-8-5(10-7)3-6(11)9-4/h3H,2,7H2,1H3,(H2,8,9,10,11). The van der Waals surface area contributed by atoms with Crippen molar-refractivity contribution in [2.45, 2.75) is 13.3 Å². The van der Waals surface area contributed by atoms with Crippen LogP contribution in [0.3, 0.4) is 0 Å². The van der Waals surface area contributed by atoms with Crippen molar-refractivity contribution in [3.8, 4) is 0 Å². The van der Waals surface area contributed by atoms with Crippen LogP contribution in [-0.4, -0.2) is 9.97 Å². The maximum absolute atomic E-state index is 10.8. The Morgan fingerprint density at radius 3 is 3.09 bits per heavy atom. The summed E-state index contributed by atoms with van der Waals surface area (Å²) in [6, 6.07) is 1.30. The number of hydrazine groups is 1. The number of nitrogens with zero attached hydrogens (tertiary/aromatic N) is 1. The van der Waals surface area contributed by atoms with Crippen molar-refractivity contribution < 1.29 is 0 Å². The van der Waals surface area contributed by atoms with Crippen LogP contribution in [0, 0.1) is 0 Å². The highest BCUT2D eigenvalue weighted by molar-refractivity contribution is 5.30. The molecule has 0 aliphatic rings. The third-order valence-corrected chi connectivity index (χ3v) is 1.27. The number of anilines is 1. The number of rotatable bonds is 2. The van der Waals surface area contributed by atoms with Crippen molar-refractivity contribution in [3.05, 3.63) is 22.2 Å². The van der Waals surface area contributed by atoms with Crippen molar-refractivity contribution in [1.29, 1.82) is 0 Å². The van der Waals surface area contributed by atoms with E-state index in [2.05, 4.69) is 15.4 Å². The van der Waals surface area contributed by atoms with Crippen LogP contribution in [0.25, 0.3) is 0 Å². The summed E-state index contributed by atoms with van der Waals surface area (Å²) in [6.07, 6.45) is 0.685. The van der Waals surface area contributed by atoms with Crippen LogP contribution < -0.4 is 16.8 Å². The first-order valence-electron chi connectivity index (χ1n) is 3.33. The number of H-pyrrole nitrogens is 1. The Morgan fingerprint density at radius 1 is 1.82 bits per heavy atom. The van der Waals surface area contributed by atoms with E-state index in [1.165, 1.54) is 6.07 Å². The minimum Gasteiger partial charge on any atom is -0.310 e. The highest BCUT2D eigenvalue weighted by Crippen LogP contribution is 1.95. The van der Waals surface area contributed by atoms with Crippen LogP contribution >= 0.6 is 0 Å². The van der Waals surface area contributed by atoms with Gasteiger partial charge in [-0.05, 0) is 0 Å². The van der Waals surface area contributed by atoms with E-state index in [9.17, 15) is 4.79 Å². The van der Waals surface area contributed by atoms with E-state index < -0.39 is 0 Å². The van der Waals surface area contributed by atoms with Gasteiger partial charge in [-0.1, -0.05) is 6.92 Å². The van der Waals surface area contributed by atoms with Gasteiger partial charge in [0.2, 0.25) is 0 Å². The molecule has 5 heteroatoms. The fourth-order valence-corrected chi connectivity index (χ4v) is 0.749. The van der Waals surface area contributed by atoms with E-state index in [1.807, 2.05) is 6.92 Å². The van der Waals surface area contributed by atoms with Crippen LogP contribution in [0.1, 0.15) is 12.7 Å². The third-order valence-electron chi connectivity index (χ3n) is 1.27. The number of nitrogens with two attached hydrogens (primary N) is 1. The van der Waals surface area contributed by atoms with Gasteiger partial charge in [0.1, 0.15) is 11.6 Å². The molecule has 1 aromatic heterocycles. The molecule has 0 radical (unpaired) electrons. The first-order valence-corrected chi connectivity index (χ1v) is 3.33. The fourth-order valence-electron chi connectivity index (χ4n) is 0.749. The lowest BCUT2D eigenvalue weighted by Crippen LogP contribution is -2.16. The van der Waals surface area contributed by atoms with Crippen LogP contribution in [0.15, 0.2) is 10.9 Å². The average Bonchev–Trinajstić information content (AvgIpc) is 2.03. The molecule has 60 valence electrons. The molecule has 0 atom stereocenters. The molecule has 1 aromatic rings. The van der Waals surface area contributed by atoms with E-state index in [1.54, 1.807) is 0 Å². The Balaban J connectivity index is 3.12. The van der Waals surface area contributed by atoms with Crippen molar-refractivity contribution >= 4 is 5.82 Å².